The van der Waals surface area contributed by atoms with Crippen LogP contribution in [-0.2, 0) is 0 Å². The van der Waals surface area contributed by atoms with Gasteiger partial charge in [0.05, 0.1) is 0 Å². The van der Waals surface area contributed by atoms with Gasteiger partial charge in [0.15, 0.2) is 0 Å². The van der Waals surface area contributed by atoms with E-state index in [2.05, 4.69) is 0 Å². The Hall–Kier alpha value is 36.8. The molecule has 0 aliphatic heterocycles. The van der Waals surface area contributed by atoms with Crippen LogP contribution in [0.2, 0.25) is 0 Å². The summed E-state index contributed by atoms with van der Waals surface area (Å²) in [5.41, 5.74) is 0. The Bertz CT molecular complexity index is 0. The number of hydrogen-bond acceptors (Lipinski definition) is 0. The van der Waals surface area contributed by atoms with Crippen molar-refractivity contribution in [2.45, 2.75) is 0 Å². The molecule has 0 N–H and O–H groups in total. The molecule has 0 atom stereocenters. The smallest absolute Gasteiger partial charge is 0 e. The van der Waals surface area contributed by atoms with Gasteiger partial charge < -0.3 is 0 Å². The molecule has 35 heteroatoms. The van der Waals surface area contributed by atoms with Crippen molar-refractivity contribution in [3.8, 4) is 0 Å². The molecular weight excluding hydrogens is 8330 g/mol. The third-order valence-electron chi connectivity index (χ3n) is 0. The van der Waals surface area contributed by atoms with E-state index in [9.17, 15) is 0 Å². The van der Waals surface area contributed by atoms with Gasteiger partial charge >= 0.3 is 0 Å². The number of rotatable bonds is 0. The van der Waals surface area contributed by atoms with E-state index < -0.39 is 0 Å². The minimum Gasteiger partial charge on any atom is 0 e. The van der Waals surface area contributed by atoms with E-state index in [0.29, 0.717) is 0 Å². The van der Waals surface area contributed by atoms with Gasteiger partial charge in [-0.1, -0.05) is 0 Å². The third-order valence-corrected chi connectivity index (χ3v) is 0. The van der Waals surface area contributed by atoms with E-state index in [1.54, 1.807) is 0 Å². The summed E-state index contributed by atoms with van der Waals surface area (Å²) in [6.07, 6.45) is 0. The molecule has 0 aromatic heterocycles. The van der Waals surface area contributed by atoms with Crippen LogP contribution in [0.25, 0.3) is 0 Å². The fraction of sp³-hybridized carbons (Fsp3) is 0. The van der Waals surface area contributed by atoms with Crippen molar-refractivity contribution in [2.75, 3.05) is 0 Å². The van der Waals surface area contributed by atoms with Crippen LogP contribution in [-0.4, -0.2) is 0 Å². The molecule has 0 heterocycles. The molecule has 0 radical (unpaired) electrons. The Morgan fingerprint density at radius 3 is 0.0286 bits per heavy atom. The van der Waals surface area contributed by atoms with Crippen molar-refractivity contribution in [3.63, 3.8) is 0 Å². The van der Waals surface area contributed by atoms with E-state index in [1.165, 1.54) is 0 Å². The molecule has 0 spiro atoms. The summed E-state index contributed by atoms with van der Waals surface area (Å²) in [4.78, 5) is 0. The molecule has 0 fully saturated rings. The molecule has 0 aliphatic carbocycles. The van der Waals surface area contributed by atoms with Crippen molar-refractivity contribution >= 4 is 0 Å². The predicted molar refractivity (Wildman–Crippen MR) is 0 cm³/mol. The van der Waals surface area contributed by atoms with Crippen molar-refractivity contribution in [3.05, 3.63) is 0 Å². The SMILES string of the molecule is [U].[U].[U].[U].[U].[U].[U].[U].[U].[U].[U].[U].[U].[U].[U].[U].[U].[U].[U].[U].[U].[U].[U].[U].[U].[U].[U].[U].[U].[U].[U].[U].[U].[U].[U]. The molecule has 0 aromatic rings. The largest absolute Gasteiger partial charge is 0 e. The molecular formula is U35. The molecule has 0 unspecified atom stereocenters. The summed E-state index contributed by atoms with van der Waals surface area (Å²) in [7, 11) is 0. The molecule has 140 valence electrons. The van der Waals surface area contributed by atoms with E-state index in [1.807, 2.05) is 0 Å². The van der Waals surface area contributed by atoms with Crippen molar-refractivity contribution in [2.24, 2.45) is 0 Å². The van der Waals surface area contributed by atoms with Gasteiger partial charge in [-0.3, -0.25) is 0 Å². The third kappa shape index (κ3) is 247. The topological polar surface area (TPSA) is 0 Å². The quantitative estimate of drug-likeness (QED) is 0.321. The van der Waals surface area contributed by atoms with Crippen LogP contribution < -0.4 is 0 Å². The van der Waals surface area contributed by atoms with Crippen LogP contribution in [0.1, 0.15) is 0 Å². The maximum atomic E-state index is 0. The first kappa shape index (κ1) is 266. The second kappa shape index (κ2) is 255. The zero-order valence-corrected chi connectivity index (χ0v) is 163. The average molecular weight is 8330 g/mol. The van der Waals surface area contributed by atoms with Crippen molar-refractivity contribution in [1.29, 1.82) is 0 Å². The summed E-state index contributed by atoms with van der Waals surface area (Å²) in [5.74, 6) is 0. The molecule has 35 heavy (non-hydrogen) atoms. The Morgan fingerprint density at radius 2 is 0.0286 bits per heavy atom. The summed E-state index contributed by atoms with van der Waals surface area (Å²) >= 11 is 0. The van der Waals surface area contributed by atoms with Crippen molar-refractivity contribution in [1.82, 2.24) is 0 Å². The van der Waals surface area contributed by atoms with Crippen LogP contribution in [0.5, 0.6) is 0 Å². The standard InChI is InChI=1S/35U. The van der Waals surface area contributed by atoms with E-state index >= 15 is 0 Å². The first-order chi connectivity index (χ1) is 0. The molecule has 0 rings (SSSR count). The van der Waals surface area contributed by atoms with Crippen molar-refractivity contribution < 1.29 is 1090 Å². The van der Waals surface area contributed by atoms with Crippen LogP contribution in [0, 0.1) is 1090 Å². The molecule has 0 saturated heterocycles. The molecule has 0 saturated carbocycles. The Morgan fingerprint density at radius 1 is 0.0286 bits per heavy atom. The summed E-state index contributed by atoms with van der Waals surface area (Å²) in [5, 5.41) is 0. The minimum atomic E-state index is 0. The Kier molecular flexibility index (Phi) is 1930. The minimum absolute atomic E-state index is 0. The predicted octanol–water partition coefficient (Wildman–Crippen LogP) is 0. The van der Waals surface area contributed by atoms with Crippen LogP contribution in [0.4, 0.5) is 0 Å². The monoisotopic (exact) mass is 8330 g/mol. The fourth-order valence-electron chi connectivity index (χ4n) is 0. The zero-order valence-electron chi connectivity index (χ0n) is 17.5. The van der Waals surface area contributed by atoms with Crippen LogP contribution in [0.15, 0.2) is 0 Å². The van der Waals surface area contributed by atoms with E-state index in [0.717, 1.165) is 0 Å². The van der Waals surface area contributed by atoms with Gasteiger partial charge in [-0.2, -0.15) is 0 Å². The second-order valence-corrected chi connectivity index (χ2v) is 0. The molecule has 0 amide bonds. The maximum absolute atomic E-state index is 0. The summed E-state index contributed by atoms with van der Waals surface area (Å²) < 4.78 is 0. The van der Waals surface area contributed by atoms with Gasteiger partial charge in [0.25, 0.3) is 0 Å². The van der Waals surface area contributed by atoms with E-state index in [4.69, 9.17) is 0 Å². The van der Waals surface area contributed by atoms with Crippen LogP contribution in [0.3, 0.4) is 0 Å². The first-order valence-corrected chi connectivity index (χ1v) is 0. The van der Waals surface area contributed by atoms with Gasteiger partial charge in [0.1, 0.15) is 0 Å². The maximum Gasteiger partial charge on any atom is 0 e. The first-order valence-electron chi connectivity index (χ1n) is 0. The van der Waals surface area contributed by atoms with Gasteiger partial charge in [-0.05, 0) is 0 Å². The summed E-state index contributed by atoms with van der Waals surface area (Å²) in [6, 6.07) is 0. The normalized spacial score (nSPS) is 0. The average Bonchev–Trinajstić information content (AvgIpc) is 0. The zero-order chi connectivity index (χ0) is 0. The molecule has 0 aliphatic rings. The summed E-state index contributed by atoms with van der Waals surface area (Å²) in [6.45, 7) is 0. The molecule has 0 bridgehead atoms. The fourth-order valence-corrected chi connectivity index (χ4v) is 0. The Labute approximate surface area is 1050 Å². The van der Waals surface area contributed by atoms with Crippen LogP contribution >= 0.6 is 0 Å². The van der Waals surface area contributed by atoms with Gasteiger partial charge in [0.2, 0.25) is 0 Å². The molecule has 0 nitrogen and oxygen atoms in total. The van der Waals surface area contributed by atoms with Gasteiger partial charge in [-0.25, -0.2) is 0 Å². The molecule has 0 aromatic carbocycles. The van der Waals surface area contributed by atoms with E-state index in [-0.39, 0.29) is 1090 Å². The second-order valence-electron chi connectivity index (χ2n) is 0. The number of hydrogen-bond donors (Lipinski definition) is 0. The van der Waals surface area contributed by atoms with Gasteiger partial charge in [-0.15, -0.1) is 0 Å². The Balaban J connectivity index is 0. The van der Waals surface area contributed by atoms with Gasteiger partial charge in [0, 0.05) is 1090 Å².